The van der Waals surface area contributed by atoms with Crippen molar-refractivity contribution in [1.82, 2.24) is 30.0 Å². The molecule has 48 heavy (non-hydrogen) atoms. The number of methoxy groups -OCH3 is 1. The van der Waals surface area contributed by atoms with E-state index >= 15 is 0 Å². The highest BCUT2D eigenvalue weighted by Crippen LogP contribution is 2.42. The number of piperazine rings is 1. The van der Waals surface area contributed by atoms with Crippen LogP contribution in [0, 0.1) is 0 Å². The summed E-state index contributed by atoms with van der Waals surface area (Å²) >= 11 is 0. The summed E-state index contributed by atoms with van der Waals surface area (Å²) in [6, 6.07) is 26.7. The van der Waals surface area contributed by atoms with E-state index in [1.54, 1.807) is 25.3 Å². The first kappa shape index (κ1) is 34.3. The summed E-state index contributed by atoms with van der Waals surface area (Å²) in [6.45, 7) is 14.4. The van der Waals surface area contributed by atoms with Gasteiger partial charge >= 0.3 is 6.18 Å². The van der Waals surface area contributed by atoms with Gasteiger partial charge in [-0.3, -0.25) is 9.80 Å². The van der Waals surface area contributed by atoms with Gasteiger partial charge in [0.1, 0.15) is 5.75 Å². The van der Waals surface area contributed by atoms with Gasteiger partial charge in [0.2, 0.25) is 0 Å². The van der Waals surface area contributed by atoms with Crippen LogP contribution in [0.3, 0.4) is 0 Å². The van der Waals surface area contributed by atoms with Crippen LogP contribution in [0.25, 0.3) is 5.69 Å². The second kappa shape index (κ2) is 13.4. The molecule has 0 unspecified atom stereocenters. The smallest absolute Gasteiger partial charge is 0.453 e. The van der Waals surface area contributed by atoms with Crippen LogP contribution in [0.5, 0.6) is 5.75 Å². The molecule has 2 saturated heterocycles. The molecule has 0 radical (unpaired) electrons. The first-order valence-corrected chi connectivity index (χ1v) is 19.4. The Morgan fingerprint density at radius 2 is 1.54 bits per heavy atom. The molecule has 0 spiro atoms. The van der Waals surface area contributed by atoms with Gasteiger partial charge in [-0.1, -0.05) is 81.4 Å². The number of fused-ring (bicyclic) bond motifs is 1. The van der Waals surface area contributed by atoms with E-state index in [-0.39, 0.29) is 34.8 Å². The van der Waals surface area contributed by atoms with Gasteiger partial charge in [-0.05, 0) is 64.3 Å². The summed E-state index contributed by atoms with van der Waals surface area (Å²) < 4.78 is 54.6. The highest BCUT2D eigenvalue weighted by Gasteiger charge is 2.48. The van der Waals surface area contributed by atoms with Crippen LogP contribution in [-0.4, -0.2) is 83.3 Å². The quantitative estimate of drug-likeness (QED) is 0.174. The Morgan fingerprint density at radius 1 is 0.896 bits per heavy atom. The first-order chi connectivity index (χ1) is 22.7. The molecule has 0 saturated carbocycles. The van der Waals surface area contributed by atoms with E-state index in [0.717, 1.165) is 36.3 Å². The molecule has 0 amide bonds. The van der Waals surface area contributed by atoms with Crippen molar-refractivity contribution in [3.63, 3.8) is 0 Å². The Hall–Kier alpha value is -3.58. The fraction of sp³-hybridized carbons (Fsp3) is 0.472. The highest BCUT2D eigenvalue weighted by atomic mass is 28.4. The summed E-state index contributed by atoms with van der Waals surface area (Å²) in [5.74, 6) is -0.458. The average Bonchev–Trinajstić information content (AvgIpc) is 3.69. The summed E-state index contributed by atoms with van der Waals surface area (Å²) in [5, 5.41) is 10.3. The molecule has 0 aliphatic carbocycles. The first-order valence-electron chi connectivity index (χ1n) is 16.5. The number of hydrogen-bond acceptors (Lipinski definition) is 7. The lowest BCUT2D eigenvalue weighted by Crippen LogP contribution is -2.58. The maximum absolute atomic E-state index is 13.7. The van der Waals surface area contributed by atoms with Crippen LogP contribution in [0.15, 0.2) is 78.9 Å². The number of ether oxygens (including phenoxy) is 1. The van der Waals surface area contributed by atoms with Crippen molar-refractivity contribution < 1.29 is 22.3 Å². The molecule has 12 heteroatoms. The van der Waals surface area contributed by atoms with E-state index in [4.69, 9.17) is 9.16 Å². The lowest BCUT2D eigenvalue weighted by atomic mass is 9.82. The highest BCUT2D eigenvalue weighted by molar-refractivity contribution is 6.74. The lowest BCUT2D eigenvalue weighted by Gasteiger charge is -2.47. The maximum atomic E-state index is 13.7. The van der Waals surface area contributed by atoms with E-state index in [2.05, 4.69) is 120 Å². The van der Waals surface area contributed by atoms with Gasteiger partial charge in [0.05, 0.1) is 18.9 Å². The monoisotopic (exact) mass is 678 g/mol. The average molecular weight is 679 g/mol. The maximum Gasteiger partial charge on any atom is 0.453 e. The van der Waals surface area contributed by atoms with Crippen molar-refractivity contribution in [2.45, 2.75) is 82.2 Å². The molecule has 3 heterocycles. The zero-order valence-corrected chi connectivity index (χ0v) is 29.5. The van der Waals surface area contributed by atoms with Crippen LogP contribution in [-0.2, 0) is 17.1 Å². The van der Waals surface area contributed by atoms with Gasteiger partial charge in [0.25, 0.3) is 5.82 Å². The summed E-state index contributed by atoms with van der Waals surface area (Å²) in [6.07, 6.45) is -3.64. The largest absolute Gasteiger partial charge is 0.496 e. The third-order valence-corrected chi connectivity index (χ3v) is 14.9. The van der Waals surface area contributed by atoms with E-state index in [0.29, 0.717) is 12.3 Å². The van der Waals surface area contributed by atoms with Crippen molar-refractivity contribution in [2.24, 2.45) is 0 Å². The molecule has 0 bridgehead atoms. The molecule has 4 aromatic rings. The Balaban J connectivity index is 1.36. The van der Waals surface area contributed by atoms with Gasteiger partial charge < -0.3 is 9.16 Å². The normalized spacial score (nSPS) is 21.1. The SMILES string of the molecule is COc1ccc(-n2nnnc2C(F)(F)F)cc1CN1C[C@@H]2C[C@@H](O[Si](C)(C)C(C)(C)C)CN2[C@H](C(c2ccccc2)c2ccccc2)C1. The summed E-state index contributed by atoms with van der Waals surface area (Å²) in [7, 11) is -0.427. The van der Waals surface area contributed by atoms with E-state index in [9.17, 15) is 13.2 Å². The van der Waals surface area contributed by atoms with Gasteiger partial charge in [-0.25, -0.2) is 0 Å². The van der Waals surface area contributed by atoms with Gasteiger partial charge in [0.15, 0.2) is 8.32 Å². The molecular formula is C36H45F3N6O2Si. The van der Waals surface area contributed by atoms with E-state index in [1.807, 2.05) is 0 Å². The number of hydrogen-bond donors (Lipinski definition) is 0. The van der Waals surface area contributed by atoms with Crippen LogP contribution < -0.4 is 4.74 Å². The second-order valence-electron chi connectivity index (χ2n) is 14.6. The molecule has 0 N–H and O–H groups in total. The number of nitrogens with zero attached hydrogens (tertiary/aromatic N) is 6. The van der Waals surface area contributed by atoms with Gasteiger partial charge in [-0.2, -0.15) is 17.9 Å². The van der Waals surface area contributed by atoms with Crippen molar-refractivity contribution in [2.75, 3.05) is 26.7 Å². The molecule has 3 aromatic carbocycles. The Morgan fingerprint density at radius 3 is 2.12 bits per heavy atom. The molecule has 256 valence electrons. The Labute approximate surface area is 282 Å². The Bertz CT molecular complexity index is 1640. The van der Waals surface area contributed by atoms with Gasteiger partial charge in [-0.15, -0.1) is 5.10 Å². The molecule has 2 fully saturated rings. The number of aromatic nitrogens is 4. The fourth-order valence-electron chi connectivity index (χ4n) is 7.09. The molecule has 2 aliphatic heterocycles. The van der Waals surface area contributed by atoms with Crippen molar-refractivity contribution in [1.29, 1.82) is 0 Å². The van der Waals surface area contributed by atoms with Crippen molar-refractivity contribution in [3.05, 3.63) is 101 Å². The number of alkyl halides is 3. The molecular weight excluding hydrogens is 634 g/mol. The van der Waals surface area contributed by atoms with Crippen molar-refractivity contribution >= 4 is 8.32 Å². The van der Waals surface area contributed by atoms with Gasteiger partial charge in [0, 0.05) is 49.7 Å². The molecule has 1 aromatic heterocycles. The summed E-state index contributed by atoms with van der Waals surface area (Å²) in [4.78, 5) is 5.09. The van der Waals surface area contributed by atoms with Crippen LogP contribution in [0.2, 0.25) is 18.1 Å². The minimum atomic E-state index is -4.69. The zero-order chi connectivity index (χ0) is 34.3. The fourth-order valence-corrected chi connectivity index (χ4v) is 8.44. The standard InChI is InChI=1S/C36H45F3N6O2Si/c1-35(2,3)48(5,6)47-30-20-29-22-43(21-27-19-28(17-18-32(27)46-4)45-34(36(37,38)39)40-41-42-45)24-31(44(29)23-30)33(25-13-9-7-10-14-25)26-15-11-8-12-16-26/h7-19,29-31,33H,20-24H2,1-6H3/t29-,30+,31-/m0/s1. The van der Waals surface area contributed by atoms with E-state index in [1.165, 1.54) is 11.1 Å². The Kier molecular flexibility index (Phi) is 9.56. The lowest BCUT2D eigenvalue weighted by molar-refractivity contribution is -0.146. The third kappa shape index (κ3) is 7.07. The third-order valence-electron chi connectivity index (χ3n) is 10.4. The molecule has 6 rings (SSSR count). The van der Waals surface area contributed by atoms with Crippen LogP contribution >= 0.6 is 0 Å². The minimum absolute atomic E-state index is 0.102. The zero-order valence-electron chi connectivity index (χ0n) is 28.5. The second-order valence-corrected chi connectivity index (χ2v) is 19.3. The number of halogens is 3. The van der Waals surface area contributed by atoms with Crippen molar-refractivity contribution in [3.8, 4) is 11.4 Å². The minimum Gasteiger partial charge on any atom is -0.496 e. The topological polar surface area (TPSA) is 68.5 Å². The summed E-state index contributed by atoms with van der Waals surface area (Å²) in [5.41, 5.74) is 3.50. The van der Waals surface area contributed by atoms with Crippen LogP contribution in [0.4, 0.5) is 13.2 Å². The molecule has 3 atom stereocenters. The number of tetrazole rings is 1. The van der Waals surface area contributed by atoms with E-state index < -0.39 is 20.3 Å². The molecule has 8 nitrogen and oxygen atoms in total. The molecule has 2 aliphatic rings. The predicted molar refractivity (Wildman–Crippen MR) is 182 cm³/mol. The number of benzene rings is 3. The number of rotatable bonds is 9. The van der Waals surface area contributed by atoms with Crippen LogP contribution in [0.1, 0.15) is 55.6 Å². The predicted octanol–water partition coefficient (Wildman–Crippen LogP) is 7.17.